The van der Waals surface area contributed by atoms with Crippen molar-refractivity contribution in [3.8, 4) is 10.8 Å². The number of oxazole rings is 1. The first-order chi connectivity index (χ1) is 16.5. The van der Waals surface area contributed by atoms with Gasteiger partial charge in [0.25, 0.3) is 11.8 Å². The molecule has 0 saturated carbocycles. The van der Waals surface area contributed by atoms with Crippen LogP contribution in [0.15, 0.2) is 55.4 Å². The third-order valence-electron chi connectivity index (χ3n) is 5.06. The molecule has 0 N–H and O–H groups in total. The second-order valence-corrected chi connectivity index (χ2v) is 8.49. The average Bonchev–Trinajstić information content (AvgIpc) is 3.58. The number of aromatic nitrogens is 3. The number of carbonyl (C=O) groups is 2. The lowest BCUT2D eigenvalue weighted by molar-refractivity contribution is -0.152. The van der Waals surface area contributed by atoms with Crippen molar-refractivity contribution in [3.63, 3.8) is 0 Å². The van der Waals surface area contributed by atoms with Gasteiger partial charge in [-0.3, -0.25) is 14.2 Å². The molecule has 0 unspecified atom stereocenters. The van der Waals surface area contributed by atoms with Crippen LogP contribution in [0, 0.1) is 0 Å². The molecule has 1 aromatic carbocycles. The van der Waals surface area contributed by atoms with Gasteiger partial charge in [-0.1, -0.05) is 25.1 Å². The van der Waals surface area contributed by atoms with Crippen molar-refractivity contribution in [2.24, 2.45) is 0 Å². The fraction of sp³-hybridized carbons (Fsp3) is 0.348. The van der Waals surface area contributed by atoms with Gasteiger partial charge in [0.05, 0.1) is 16.9 Å². The van der Waals surface area contributed by atoms with E-state index >= 15 is 0 Å². The van der Waals surface area contributed by atoms with E-state index in [1.807, 2.05) is 30.5 Å². The molecular formula is C23H24N4O6S. The SMILES string of the molecule is CCCN(Cc1nnc(-c2cccs2)o1)C(=O)COC(=O)CCCn1c(=O)oc2ccccc21. The normalized spacial score (nSPS) is 11.1. The molecule has 0 saturated heterocycles. The summed E-state index contributed by atoms with van der Waals surface area (Å²) in [5, 5.41) is 9.96. The highest BCUT2D eigenvalue weighted by Crippen LogP contribution is 2.23. The van der Waals surface area contributed by atoms with E-state index in [0.717, 1.165) is 11.3 Å². The molecule has 4 rings (SSSR count). The van der Waals surface area contributed by atoms with Crippen LogP contribution in [0.1, 0.15) is 32.1 Å². The number of amides is 1. The van der Waals surface area contributed by atoms with Gasteiger partial charge in [0.15, 0.2) is 12.2 Å². The van der Waals surface area contributed by atoms with E-state index in [1.165, 1.54) is 20.8 Å². The molecule has 0 radical (unpaired) electrons. The summed E-state index contributed by atoms with van der Waals surface area (Å²) in [6, 6.07) is 10.9. The molecule has 0 aliphatic heterocycles. The van der Waals surface area contributed by atoms with Gasteiger partial charge >= 0.3 is 11.7 Å². The van der Waals surface area contributed by atoms with Gasteiger partial charge in [0.2, 0.25) is 5.89 Å². The van der Waals surface area contributed by atoms with Crippen LogP contribution in [-0.2, 0) is 27.4 Å². The van der Waals surface area contributed by atoms with E-state index in [0.29, 0.717) is 42.4 Å². The van der Waals surface area contributed by atoms with Crippen LogP contribution in [0.4, 0.5) is 0 Å². The van der Waals surface area contributed by atoms with Gasteiger partial charge in [0.1, 0.15) is 0 Å². The monoisotopic (exact) mass is 484 g/mol. The van der Waals surface area contributed by atoms with Crippen molar-refractivity contribution in [1.82, 2.24) is 19.7 Å². The summed E-state index contributed by atoms with van der Waals surface area (Å²) in [6.07, 6.45) is 1.17. The van der Waals surface area contributed by atoms with Gasteiger partial charge in [-0.2, -0.15) is 0 Å². The van der Waals surface area contributed by atoms with E-state index in [4.69, 9.17) is 13.6 Å². The fourth-order valence-electron chi connectivity index (χ4n) is 3.46. The maximum atomic E-state index is 12.6. The number of nitrogens with zero attached hydrogens (tertiary/aromatic N) is 4. The standard InChI is InChI=1S/C23H24N4O6S/c1-2-11-26(14-19-24-25-22(33-19)18-9-6-13-34-18)20(28)15-31-21(29)10-5-12-27-16-7-3-4-8-17(16)32-23(27)30/h3-4,6-9,13H,2,5,10-12,14-15H2,1H3. The lowest BCUT2D eigenvalue weighted by Crippen LogP contribution is -2.35. The lowest BCUT2D eigenvalue weighted by Gasteiger charge is -2.20. The van der Waals surface area contributed by atoms with Gasteiger partial charge in [-0.25, -0.2) is 4.79 Å². The second kappa shape index (κ2) is 10.9. The Bertz CT molecular complexity index is 1310. The van der Waals surface area contributed by atoms with Crippen LogP contribution in [-0.4, -0.2) is 44.7 Å². The molecule has 178 valence electrons. The number of benzene rings is 1. The third-order valence-corrected chi connectivity index (χ3v) is 5.92. The number of ether oxygens (including phenoxy) is 1. The Kier molecular flexibility index (Phi) is 7.53. The first-order valence-corrected chi connectivity index (χ1v) is 11.8. The zero-order chi connectivity index (χ0) is 23.9. The van der Waals surface area contributed by atoms with E-state index in [2.05, 4.69) is 10.2 Å². The second-order valence-electron chi connectivity index (χ2n) is 7.55. The molecule has 3 aromatic heterocycles. The Balaban J connectivity index is 1.25. The quantitative estimate of drug-likeness (QED) is 0.297. The van der Waals surface area contributed by atoms with Crippen molar-refractivity contribution in [2.75, 3.05) is 13.2 Å². The van der Waals surface area contributed by atoms with Crippen LogP contribution in [0.3, 0.4) is 0 Å². The topological polar surface area (TPSA) is 121 Å². The molecule has 11 heteroatoms. The number of fused-ring (bicyclic) bond motifs is 1. The number of esters is 1. The molecule has 10 nitrogen and oxygen atoms in total. The molecule has 3 heterocycles. The van der Waals surface area contributed by atoms with E-state index in [1.54, 1.807) is 18.2 Å². The van der Waals surface area contributed by atoms with Crippen molar-refractivity contribution >= 4 is 34.3 Å². The van der Waals surface area contributed by atoms with Crippen LogP contribution in [0.25, 0.3) is 21.9 Å². The first-order valence-electron chi connectivity index (χ1n) is 10.9. The number of hydrogen-bond acceptors (Lipinski definition) is 9. The summed E-state index contributed by atoms with van der Waals surface area (Å²) in [6.45, 7) is 2.48. The van der Waals surface area contributed by atoms with E-state index in [9.17, 15) is 14.4 Å². The van der Waals surface area contributed by atoms with Crippen molar-refractivity contribution in [3.05, 3.63) is 58.2 Å². The highest BCUT2D eigenvalue weighted by molar-refractivity contribution is 7.13. The molecule has 1 amide bonds. The van der Waals surface area contributed by atoms with E-state index in [-0.39, 0.29) is 25.5 Å². The molecule has 0 aliphatic rings. The summed E-state index contributed by atoms with van der Waals surface area (Å²) >= 11 is 1.48. The van der Waals surface area contributed by atoms with Crippen LogP contribution in [0.2, 0.25) is 0 Å². The minimum atomic E-state index is -0.511. The van der Waals surface area contributed by atoms with E-state index < -0.39 is 11.7 Å². The summed E-state index contributed by atoms with van der Waals surface area (Å²) < 4.78 is 17.5. The van der Waals surface area contributed by atoms with Crippen molar-refractivity contribution in [2.45, 2.75) is 39.3 Å². The van der Waals surface area contributed by atoms with Gasteiger partial charge in [-0.15, -0.1) is 21.5 Å². The highest BCUT2D eigenvalue weighted by atomic mass is 32.1. The number of hydrogen-bond donors (Lipinski definition) is 0. The summed E-state index contributed by atoms with van der Waals surface area (Å²) in [7, 11) is 0. The summed E-state index contributed by atoms with van der Waals surface area (Å²) in [5.41, 5.74) is 1.18. The molecule has 0 atom stereocenters. The number of carbonyl (C=O) groups excluding carboxylic acids is 2. The number of rotatable bonds is 11. The molecule has 4 aromatic rings. The molecule has 0 bridgehead atoms. The van der Waals surface area contributed by atoms with Crippen LogP contribution < -0.4 is 5.76 Å². The van der Waals surface area contributed by atoms with Crippen LogP contribution in [0.5, 0.6) is 0 Å². The smallest absolute Gasteiger partial charge is 0.419 e. The Morgan fingerprint density at radius 1 is 1.15 bits per heavy atom. The Morgan fingerprint density at radius 3 is 2.79 bits per heavy atom. The minimum absolute atomic E-state index is 0.0703. The zero-order valence-electron chi connectivity index (χ0n) is 18.6. The molecule has 0 fully saturated rings. The lowest BCUT2D eigenvalue weighted by atomic mass is 10.3. The first kappa shape index (κ1) is 23.4. The zero-order valence-corrected chi connectivity index (χ0v) is 19.5. The fourth-order valence-corrected chi connectivity index (χ4v) is 4.10. The van der Waals surface area contributed by atoms with Crippen LogP contribution >= 0.6 is 11.3 Å². The number of para-hydroxylation sites is 2. The van der Waals surface area contributed by atoms with Gasteiger partial charge in [0, 0.05) is 19.5 Å². The minimum Gasteiger partial charge on any atom is -0.456 e. The Labute approximate surface area is 198 Å². The van der Waals surface area contributed by atoms with Crippen molar-refractivity contribution < 1.29 is 23.2 Å². The van der Waals surface area contributed by atoms with Gasteiger partial charge < -0.3 is 18.5 Å². The maximum absolute atomic E-state index is 12.6. The third kappa shape index (κ3) is 5.60. The van der Waals surface area contributed by atoms with Gasteiger partial charge in [-0.05, 0) is 36.4 Å². The number of aryl methyl sites for hydroxylation is 1. The average molecular weight is 485 g/mol. The number of thiophene rings is 1. The predicted molar refractivity (Wildman–Crippen MR) is 124 cm³/mol. The van der Waals surface area contributed by atoms with Crippen molar-refractivity contribution in [1.29, 1.82) is 0 Å². The molecule has 0 aliphatic carbocycles. The molecule has 0 spiro atoms. The summed E-state index contributed by atoms with van der Waals surface area (Å²) in [4.78, 5) is 39.2. The molecule has 34 heavy (non-hydrogen) atoms. The largest absolute Gasteiger partial charge is 0.456 e. The Morgan fingerprint density at radius 2 is 2.00 bits per heavy atom. The maximum Gasteiger partial charge on any atom is 0.419 e. The Hall–Kier alpha value is -3.73. The predicted octanol–water partition coefficient (Wildman–Crippen LogP) is 3.47. The highest BCUT2D eigenvalue weighted by Gasteiger charge is 2.19. The molecular weight excluding hydrogens is 460 g/mol. The summed E-state index contributed by atoms with van der Waals surface area (Å²) in [5.74, 6) is -0.603.